The second kappa shape index (κ2) is 7.31. The molecule has 0 atom stereocenters. The van der Waals surface area contributed by atoms with Crippen molar-refractivity contribution in [2.75, 3.05) is 13.1 Å². The summed E-state index contributed by atoms with van der Waals surface area (Å²) in [6.45, 7) is 1.56. The Kier molecular flexibility index (Phi) is 4.36. The molecule has 0 aliphatic carbocycles. The monoisotopic (exact) mass is 386 g/mol. The van der Waals surface area contributed by atoms with Crippen molar-refractivity contribution in [2.45, 2.75) is 12.5 Å². The number of amides is 2. The van der Waals surface area contributed by atoms with E-state index in [9.17, 15) is 4.79 Å². The summed E-state index contributed by atoms with van der Waals surface area (Å²) in [7, 11) is 0. The third kappa shape index (κ3) is 3.40. The summed E-state index contributed by atoms with van der Waals surface area (Å²) in [6.07, 6.45) is 3.26. The minimum Gasteiger partial charge on any atom is -0.338 e. The summed E-state index contributed by atoms with van der Waals surface area (Å²) < 4.78 is 5.33. The first kappa shape index (κ1) is 17.3. The maximum absolute atomic E-state index is 12.5. The third-order valence-corrected chi connectivity index (χ3v) is 5.04. The number of hydrogen-bond acceptors (Lipinski definition) is 6. The molecule has 0 spiro atoms. The molecule has 1 aliphatic rings. The number of carbonyl (C=O) groups excluding carboxylic acids is 1. The molecular weight excluding hydrogens is 368 g/mol. The minimum atomic E-state index is -0.0969. The largest absolute Gasteiger partial charge is 0.338 e. The molecule has 0 unspecified atom stereocenters. The van der Waals surface area contributed by atoms with Gasteiger partial charge >= 0.3 is 6.03 Å². The molecule has 2 aromatic heterocycles. The van der Waals surface area contributed by atoms with Gasteiger partial charge < -0.3 is 14.7 Å². The van der Waals surface area contributed by atoms with E-state index in [1.54, 1.807) is 23.4 Å². The molecule has 144 valence electrons. The van der Waals surface area contributed by atoms with E-state index in [0.717, 1.165) is 16.3 Å². The van der Waals surface area contributed by atoms with Crippen LogP contribution in [0.15, 0.2) is 65.4 Å². The number of hydrogen-bond donors (Lipinski definition) is 1. The van der Waals surface area contributed by atoms with Gasteiger partial charge in [0.05, 0.1) is 5.92 Å². The second-order valence-corrected chi connectivity index (χ2v) is 6.93. The zero-order valence-electron chi connectivity index (χ0n) is 15.5. The van der Waals surface area contributed by atoms with E-state index >= 15 is 0 Å². The van der Waals surface area contributed by atoms with Crippen molar-refractivity contribution in [1.82, 2.24) is 30.3 Å². The van der Waals surface area contributed by atoms with Gasteiger partial charge in [-0.1, -0.05) is 47.6 Å². The van der Waals surface area contributed by atoms with Crippen LogP contribution in [0.5, 0.6) is 0 Å². The number of benzene rings is 2. The first-order valence-corrected chi connectivity index (χ1v) is 9.38. The van der Waals surface area contributed by atoms with Crippen LogP contribution < -0.4 is 5.32 Å². The van der Waals surface area contributed by atoms with Crippen LogP contribution in [0.4, 0.5) is 4.79 Å². The van der Waals surface area contributed by atoms with E-state index in [-0.39, 0.29) is 11.9 Å². The molecule has 2 amide bonds. The number of likely N-dealkylation sites (tertiary alicyclic amines) is 1. The van der Waals surface area contributed by atoms with Crippen LogP contribution in [-0.2, 0) is 6.54 Å². The van der Waals surface area contributed by atoms with Gasteiger partial charge in [0.15, 0.2) is 0 Å². The quantitative estimate of drug-likeness (QED) is 0.579. The van der Waals surface area contributed by atoms with Gasteiger partial charge in [0.1, 0.15) is 0 Å². The van der Waals surface area contributed by atoms with E-state index < -0.39 is 0 Å². The van der Waals surface area contributed by atoms with Gasteiger partial charge in [-0.15, -0.1) is 0 Å². The maximum atomic E-state index is 12.5. The van der Waals surface area contributed by atoms with E-state index in [1.165, 1.54) is 0 Å². The number of rotatable bonds is 4. The van der Waals surface area contributed by atoms with Crippen molar-refractivity contribution >= 4 is 16.8 Å². The molecule has 0 saturated carbocycles. The van der Waals surface area contributed by atoms with Gasteiger partial charge in [-0.25, -0.2) is 14.8 Å². The molecule has 0 bridgehead atoms. The Hall–Kier alpha value is -3.81. The molecule has 2 aromatic carbocycles. The number of nitrogens with zero attached hydrogens (tertiary/aromatic N) is 5. The zero-order valence-corrected chi connectivity index (χ0v) is 15.5. The zero-order chi connectivity index (χ0) is 19.6. The van der Waals surface area contributed by atoms with Crippen molar-refractivity contribution in [3.8, 4) is 11.6 Å². The summed E-state index contributed by atoms with van der Waals surface area (Å²) >= 11 is 0. The van der Waals surface area contributed by atoms with Crippen LogP contribution >= 0.6 is 0 Å². The summed E-state index contributed by atoms with van der Waals surface area (Å²) in [5.74, 6) is 1.32. The smallest absolute Gasteiger partial charge is 0.317 e. The first-order chi connectivity index (χ1) is 14.3. The molecule has 8 nitrogen and oxygen atoms in total. The molecule has 1 fully saturated rings. The average Bonchev–Trinajstić information content (AvgIpc) is 3.21. The lowest BCUT2D eigenvalue weighted by Gasteiger charge is -2.36. The molecule has 1 N–H and O–H groups in total. The molecule has 1 aliphatic heterocycles. The number of urea groups is 1. The fourth-order valence-electron chi connectivity index (χ4n) is 3.44. The molecule has 3 heterocycles. The van der Waals surface area contributed by atoms with Crippen LogP contribution in [0.25, 0.3) is 22.4 Å². The summed E-state index contributed by atoms with van der Waals surface area (Å²) in [5, 5.41) is 9.25. The standard InChI is InChI=1S/C21H18N6O2/c28-21(24-11-15-7-3-6-14-5-1-2-8-17(14)15)27-12-16(13-27)20-25-19(26-29-20)18-22-9-4-10-23-18/h1-10,16H,11-13H2,(H,24,28). The van der Waals surface area contributed by atoms with Crippen molar-refractivity contribution in [3.63, 3.8) is 0 Å². The molecule has 4 aromatic rings. The number of carbonyl (C=O) groups is 1. The van der Waals surface area contributed by atoms with Gasteiger partial charge in [-0.3, -0.25) is 0 Å². The number of nitrogens with one attached hydrogen (secondary N) is 1. The van der Waals surface area contributed by atoms with Gasteiger partial charge in [-0.05, 0) is 22.4 Å². The van der Waals surface area contributed by atoms with Gasteiger partial charge in [0, 0.05) is 32.0 Å². The lowest BCUT2D eigenvalue weighted by atomic mass is 10.0. The maximum Gasteiger partial charge on any atom is 0.317 e. The van der Waals surface area contributed by atoms with Gasteiger partial charge in [0.25, 0.3) is 0 Å². The molecule has 8 heteroatoms. The second-order valence-electron chi connectivity index (χ2n) is 6.93. The van der Waals surface area contributed by atoms with E-state index in [4.69, 9.17) is 4.52 Å². The Morgan fingerprint density at radius 1 is 1.03 bits per heavy atom. The third-order valence-electron chi connectivity index (χ3n) is 5.04. The normalized spacial score (nSPS) is 14.0. The van der Waals surface area contributed by atoms with Crippen LogP contribution in [-0.4, -0.2) is 44.1 Å². The van der Waals surface area contributed by atoms with Crippen LogP contribution in [0.2, 0.25) is 0 Å². The number of fused-ring (bicyclic) bond motifs is 1. The highest BCUT2D eigenvalue weighted by atomic mass is 16.5. The van der Waals surface area contributed by atoms with Crippen molar-refractivity contribution in [2.24, 2.45) is 0 Å². The van der Waals surface area contributed by atoms with E-state index in [2.05, 4.69) is 43.6 Å². The highest BCUT2D eigenvalue weighted by molar-refractivity contribution is 5.86. The Morgan fingerprint density at radius 3 is 2.69 bits per heavy atom. The summed E-state index contributed by atoms with van der Waals surface area (Å²) in [6, 6.07) is 15.9. The fourth-order valence-corrected chi connectivity index (χ4v) is 3.44. The van der Waals surface area contributed by atoms with Crippen molar-refractivity contribution in [3.05, 3.63) is 72.4 Å². The van der Waals surface area contributed by atoms with Crippen LogP contribution in [0.1, 0.15) is 17.4 Å². The lowest BCUT2D eigenvalue weighted by molar-refractivity contribution is 0.136. The van der Waals surface area contributed by atoms with Crippen LogP contribution in [0, 0.1) is 0 Å². The molecule has 1 saturated heterocycles. The summed E-state index contributed by atoms with van der Waals surface area (Å²) in [4.78, 5) is 26.8. The predicted octanol–water partition coefficient (Wildman–Crippen LogP) is 2.99. The topological polar surface area (TPSA) is 97.0 Å². The van der Waals surface area contributed by atoms with E-state index in [0.29, 0.717) is 37.2 Å². The number of aromatic nitrogens is 4. The average molecular weight is 386 g/mol. The van der Waals surface area contributed by atoms with Crippen molar-refractivity contribution in [1.29, 1.82) is 0 Å². The highest BCUT2D eigenvalue weighted by Crippen LogP contribution is 2.27. The molecule has 0 radical (unpaired) electrons. The Morgan fingerprint density at radius 2 is 1.83 bits per heavy atom. The van der Waals surface area contributed by atoms with Crippen LogP contribution in [0.3, 0.4) is 0 Å². The Bertz CT molecular complexity index is 1150. The first-order valence-electron chi connectivity index (χ1n) is 9.38. The lowest BCUT2D eigenvalue weighted by Crippen LogP contribution is -2.52. The minimum absolute atomic E-state index is 0.0308. The highest BCUT2D eigenvalue weighted by Gasteiger charge is 2.35. The molecular formula is C21H18N6O2. The fraction of sp³-hybridized carbons (Fsp3) is 0.190. The van der Waals surface area contributed by atoms with Gasteiger partial charge in [0.2, 0.25) is 17.5 Å². The molecule has 5 rings (SSSR count). The predicted molar refractivity (Wildman–Crippen MR) is 106 cm³/mol. The van der Waals surface area contributed by atoms with E-state index in [1.807, 2.05) is 24.3 Å². The SMILES string of the molecule is O=C(NCc1cccc2ccccc12)N1CC(c2nc(-c3ncccn3)no2)C1. The molecule has 29 heavy (non-hydrogen) atoms. The van der Waals surface area contributed by atoms with Crippen molar-refractivity contribution < 1.29 is 9.32 Å². The Labute approximate surface area is 166 Å². The van der Waals surface area contributed by atoms with Gasteiger partial charge in [-0.2, -0.15) is 4.98 Å². The Balaban J connectivity index is 1.18. The summed E-state index contributed by atoms with van der Waals surface area (Å²) in [5.41, 5.74) is 1.10.